The quantitative estimate of drug-likeness (QED) is 0.600. The lowest BCUT2D eigenvalue weighted by Gasteiger charge is -1.69. The molecule has 0 unspecified atom stereocenters. The van der Waals surface area contributed by atoms with Gasteiger partial charge < -0.3 is 4.98 Å². The lowest BCUT2D eigenvalue weighted by molar-refractivity contribution is 1.42. The highest BCUT2D eigenvalue weighted by Crippen LogP contribution is 2.03. The highest BCUT2D eigenvalue weighted by Gasteiger charge is 1.78. The molecule has 1 aromatic rings. The number of nitrogens with one attached hydrogen (secondary N) is 1. The van der Waals surface area contributed by atoms with Crippen molar-refractivity contribution in [2.75, 3.05) is 0 Å². The average molecular weight is 186 g/mol. The largest absolute Gasteiger partial charge is 0.368 e. The Morgan fingerprint density at radius 2 is 1.33 bits per heavy atom. The Morgan fingerprint density at radius 3 is 1.44 bits per heavy atom. The molecule has 0 fully saturated rings. The first-order valence-corrected chi connectivity index (χ1v) is 3.54. The molecule has 1 aromatic heterocycles. The number of halogens is 3. The molecule has 1 rings (SSSR count). The Morgan fingerprint density at radius 1 is 1.00 bits per heavy atom. The molecule has 1 nitrogen and oxygen atoms in total. The number of aromatic nitrogens is 1. The van der Waals surface area contributed by atoms with Gasteiger partial charge in [0.25, 0.3) is 0 Å². The molecule has 0 atom stereocenters. The van der Waals surface area contributed by atoms with E-state index in [-0.39, 0.29) is 0 Å². The normalized spacial score (nSPS) is 8.44. The van der Waals surface area contributed by atoms with Gasteiger partial charge in [0, 0.05) is 12.4 Å². The van der Waals surface area contributed by atoms with E-state index in [1.807, 2.05) is 24.5 Å². The summed E-state index contributed by atoms with van der Waals surface area (Å²) in [6.07, 6.45) is 3.75. The first kappa shape index (κ1) is 9.15. The standard InChI is InChI=1S/C4H5N.CHCl3/c1-2-4-5-3-1;2-1(3)4/h1-5H;1H. The van der Waals surface area contributed by atoms with Gasteiger partial charge in [-0.3, -0.25) is 0 Å². The third-order valence-corrected chi connectivity index (χ3v) is 0.496. The molecule has 0 radical (unpaired) electrons. The molecule has 52 valence electrons. The van der Waals surface area contributed by atoms with Gasteiger partial charge in [-0.05, 0) is 12.1 Å². The SMILES string of the molecule is ClC(Cl)Cl.c1cc[nH]c1. The molecule has 9 heavy (non-hydrogen) atoms. The van der Waals surface area contributed by atoms with Crippen molar-refractivity contribution < 1.29 is 0 Å². The van der Waals surface area contributed by atoms with Gasteiger partial charge in [0.05, 0.1) is 0 Å². The maximum atomic E-state index is 4.81. The van der Waals surface area contributed by atoms with Gasteiger partial charge in [-0.25, -0.2) is 0 Å². The molecule has 0 saturated heterocycles. The van der Waals surface area contributed by atoms with Crippen LogP contribution in [0.1, 0.15) is 0 Å². The van der Waals surface area contributed by atoms with Crippen molar-refractivity contribution >= 4 is 34.8 Å². The fraction of sp³-hybridized carbons (Fsp3) is 0.200. The summed E-state index contributed by atoms with van der Waals surface area (Å²) in [5, 5.41) is 0. The summed E-state index contributed by atoms with van der Waals surface area (Å²) >= 11 is 14.4. The third-order valence-electron chi connectivity index (χ3n) is 0.496. The smallest absolute Gasteiger partial charge is 0.180 e. The van der Waals surface area contributed by atoms with Crippen molar-refractivity contribution in [2.24, 2.45) is 0 Å². The van der Waals surface area contributed by atoms with Crippen molar-refractivity contribution in [2.45, 2.75) is 4.30 Å². The van der Waals surface area contributed by atoms with Gasteiger partial charge in [-0.1, -0.05) is 34.8 Å². The van der Waals surface area contributed by atoms with Crippen molar-refractivity contribution in [3.63, 3.8) is 0 Å². The van der Waals surface area contributed by atoms with Crippen LogP contribution in [-0.4, -0.2) is 9.28 Å². The monoisotopic (exact) mass is 185 g/mol. The summed E-state index contributed by atoms with van der Waals surface area (Å²) in [6.45, 7) is 0. The minimum absolute atomic E-state index is 0.750. The highest BCUT2D eigenvalue weighted by molar-refractivity contribution is 6.63. The molecule has 0 spiro atoms. The van der Waals surface area contributed by atoms with Gasteiger partial charge >= 0.3 is 0 Å². The lowest BCUT2D eigenvalue weighted by atomic mass is 10.7. The van der Waals surface area contributed by atoms with Crippen molar-refractivity contribution in [3.8, 4) is 0 Å². The first-order valence-electron chi connectivity index (χ1n) is 2.23. The summed E-state index contributed by atoms with van der Waals surface area (Å²) in [7, 11) is 0. The van der Waals surface area contributed by atoms with E-state index in [2.05, 4.69) is 4.98 Å². The Bertz CT molecular complexity index is 95.8. The summed E-state index contributed by atoms with van der Waals surface area (Å²) in [5.41, 5.74) is 0. The van der Waals surface area contributed by atoms with Crippen molar-refractivity contribution in [3.05, 3.63) is 24.5 Å². The second-order valence-electron chi connectivity index (χ2n) is 1.13. The van der Waals surface area contributed by atoms with E-state index in [0.717, 1.165) is 0 Å². The van der Waals surface area contributed by atoms with E-state index in [1.165, 1.54) is 0 Å². The van der Waals surface area contributed by atoms with Gasteiger partial charge in [-0.2, -0.15) is 0 Å². The topological polar surface area (TPSA) is 15.8 Å². The third kappa shape index (κ3) is 11.6. The number of hydrogen-bond acceptors (Lipinski definition) is 0. The Kier molecular flexibility index (Phi) is 6.38. The maximum Gasteiger partial charge on any atom is 0.180 e. The molecule has 1 heterocycles. The van der Waals surface area contributed by atoms with E-state index in [4.69, 9.17) is 34.8 Å². The van der Waals surface area contributed by atoms with Crippen molar-refractivity contribution in [1.29, 1.82) is 0 Å². The number of hydrogen-bond donors (Lipinski definition) is 1. The molecule has 0 aromatic carbocycles. The summed E-state index contributed by atoms with van der Waals surface area (Å²) in [5.74, 6) is 0. The van der Waals surface area contributed by atoms with E-state index in [1.54, 1.807) is 0 Å². The molecule has 0 bridgehead atoms. The van der Waals surface area contributed by atoms with E-state index < -0.39 is 4.30 Å². The van der Waals surface area contributed by atoms with E-state index in [9.17, 15) is 0 Å². The van der Waals surface area contributed by atoms with Crippen LogP contribution in [0.2, 0.25) is 0 Å². The van der Waals surface area contributed by atoms with Crippen LogP contribution < -0.4 is 0 Å². The van der Waals surface area contributed by atoms with E-state index in [0.29, 0.717) is 0 Å². The van der Waals surface area contributed by atoms with Crippen LogP contribution in [0.25, 0.3) is 0 Å². The Balaban J connectivity index is 0.000000148. The zero-order valence-corrected chi connectivity index (χ0v) is 6.79. The molecule has 0 aliphatic rings. The fourth-order valence-electron chi connectivity index (χ4n) is 0.278. The molecular weight excluding hydrogens is 180 g/mol. The molecule has 4 heteroatoms. The van der Waals surface area contributed by atoms with E-state index >= 15 is 0 Å². The molecule has 0 amide bonds. The van der Waals surface area contributed by atoms with Gasteiger partial charge in [0.1, 0.15) is 0 Å². The highest BCUT2D eigenvalue weighted by atomic mass is 35.6. The molecule has 1 N–H and O–H groups in total. The molecule has 0 aliphatic carbocycles. The van der Waals surface area contributed by atoms with Crippen LogP contribution >= 0.6 is 34.8 Å². The maximum absolute atomic E-state index is 4.81. The summed E-state index contributed by atoms with van der Waals surface area (Å²) in [4.78, 5) is 2.86. The molecular formula is C5H6Cl3N. The second-order valence-corrected chi connectivity index (χ2v) is 3.11. The number of alkyl halides is 3. The minimum atomic E-state index is -0.750. The second kappa shape index (κ2) is 6.27. The Hall–Kier alpha value is 0.150. The first-order chi connectivity index (χ1) is 4.23. The van der Waals surface area contributed by atoms with Gasteiger partial charge in [0.2, 0.25) is 0 Å². The molecule has 0 saturated carbocycles. The minimum Gasteiger partial charge on any atom is -0.368 e. The van der Waals surface area contributed by atoms with Crippen LogP contribution in [0, 0.1) is 0 Å². The Labute approximate surface area is 68.9 Å². The zero-order chi connectivity index (χ0) is 7.11. The predicted octanol–water partition coefficient (Wildman–Crippen LogP) is 3.00. The zero-order valence-electron chi connectivity index (χ0n) is 4.52. The van der Waals surface area contributed by atoms with Gasteiger partial charge in [0.15, 0.2) is 4.30 Å². The predicted molar refractivity (Wildman–Crippen MR) is 42.1 cm³/mol. The fourth-order valence-corrected chi connectivity index (χ4v) is 0.278. The number of aromatic amines is 1. The van der Waals surface area contributed by atoms with Crippen LogP contribution in [0.5, 0.6) is 0 Å². The lowest BCUT2D eigenvalue weighted by Crippen LogP contribution is -1.55. The van der Waals surface area contributed by atoms with Crippen molar-refractivity contribution in [1.82, 2.24) is 4.98 Å². The van der Waals surface area contributed by atoms with Crippen LogP contribution in [0.15, 0.2) is 24.5 Å². The number of rotatable bonds is 0. The van der Waals surface area contributed by atoms with Crippen LogP contribution in [0.3, 0.4) is 0 Å². The molecule has 0 aliphatic heterocycles. The van der Waals surface area contributed by atoms with Crippen LogP contribution in [0.4, 0.5) is 0 Å². The van der Waals surface area contributed by atoms with Crippen LogP contribution in [-0.2, 0) is 0 Å². The number of H-pyrrole nitrogens is 1. The van der Waals surface area contributed by atoms with Gasteiger partial charge in [-0.15, -0.1) is 0 Å². The summed E-state index contributed by atoms with van der Waals surface area (Å²) in [6, 6.07) is 3.89. The average Bonchev–Trinajstić information content (AvgIpc) is 2.11. The summed E-state index contributed by atoms with van der Waals surface area (Å²) < 4.78 is -0.750.